The third-order valence-corrected chi connectivity index (χ3v) is 4.18. The van der Waals surface area contributed by atoms with E-state index in [9.17, 15) is 14.7 Å². The Labute approximate surface area is 199 Å². The molecule has 0 aliphatic rings. The molecule has 0 saturated carbocycles. The smallest absolute Gasteiger partial charge is 0.270 e. The van der Waals surface area contributed by atoms with Crippen molar-refractivity contribution in [3.63, 3.8) is 0 Å². The number of hydroxylamine groups is 1. The molecule has 0 radical (unpaired) electrons. The maximum absolute atomic E-state index is 13.0. The zero-order chi connectivity index (χ0) is 22.6. The van der Waals surface area contributed by atoms with Crippen molar-refractivity contribution >= 4 is 28.4 Å². The number of hydrogen-bond donors (Lipinski definition) is 4. The molecule has 10 heteroatoms. The summed E-state index contributed by atoms with van der Waals surface area (Å²) in [6, 6.07) is 16.3. The second kappa shape index (κ2) is 13.9. The van der Waals surface area contributed by atoms with E-state index in [2.05, 4.69) is 4.98 Å². The molecule has 32 heavy (non-hydrogen) atoms. The van der Waals surface area contributed by atoms with Gasteiger partial charge in [0.15, 0.2) is 0 Å². The molecule has 0 aliphatic carbocycles. The average Bonchev–Trinajstić information content (AvgIpc) is 2.80. The van der Waals surface area contributed by atoms with E-state index in [1.54, 1.807) is 29.3 Å². The minimum absolute atomic E-state index is 0. The standard InChI is InChI=1S/C19H18N3O2.C3H5NO3.W/c20-16-8-6-14(7-9-16)13-22(11-12-23)19(24)17-5-1-3-15-4-2-10-21-18(15)17;5-2-1-3(6)4-7;/h1-10,20,23H,11-13H2;1-2,5,7H,(H,4,6);/q-1;;/b;2-1+;. The first-order chi connectivity index (χ1) is 15.0. The third-order valence-electron chi connectivity index (χ3n) is 4.18. The minimum atomic E-state index is -0.748. The first kappa shape index (κ1) is 26.8. The van der Waals surface area contributed by atoms with E-state index in [1.807, 2.05) is 36.4 Å². The van der Waals surface area contributed by atoms with Crippen molar-refractivity contribution in [3.05, 3.63) is 90.0 Å². The van der Waals surface area contributed by atoms with Crippen LogP contribution in [0.25, 0.3) is 16.6 Å². The summed E-state index contributed by atoms with van der Waals surface area (Å²) in [6.45, 7) is 0.508. The molecular formula is C22H23N4O5W-. The Morgan fingerprint density at radius 1 is 1.09 bits per heavy atom. The number of rotatable bonds is 6. The minimum Gasteiger partial charge on any atom is -0.699 e. The molecule has 1 aromatic heterocycles. The van der Waals surface area contributed by atoms with Gasteiger partial charge < -0.3 is 20.8 Å². The summed E-state index contributed by atoms with van der Waals surface area (Å²) in [5.41, 5.74) is 11.3. The Hall–Kier alpha value is -3.26. The molecule has 168 valence electrons. The number of aliphatic hydroxyl groups excluding tert-OH is 2. The summed E-state index contributed by atoms with van der Waals surface area (Å²) in [4.78, 5) is 28.7. The fraction of sp³-hybridized carbons (Fsp3) is 0.136. The van der Waals surface area contributed by atoms with Crippen molar-refractivity contribution in [1.82, 2.24) is 15.4 Å². The Kier molecular flexibility index (Phi) is 11.7. The van der Waals surface area contributed by atoms with Crippen molar-refractivity contribution in [3.8, 4) is 0 Å². The molecule has 2 aromatic carbocycles. The van der Waals surface area contributed by atoms with Gasteiger partial charge in [-0.2, -0.15) is 0 Å². The van der Waals surface area contributed by atoms with Crippen LogP contribution in [0.3, 0.4) is 0 Å². The Bertz CT molecular complexity index is 1040. The van der Waals surface area contributed by atoms with Crippen molar-refractivity contribution in [2.45, 2.75) is 6.54 Å². The molecule has 1 heterocycles. The number of aromatic nitrogens is 1. The van der Waals surface area contributed by atoms with Crippen LogP contribution in [-0.2, 0) is 32.4 Å². The van der Waals surface area contributed by atoms with Crippen LogP contribution in [0.1, 0.15) is 15.9 Å². The summed E-state index contributed by atoms with van der Waals surface area (Å²) < 4.78 is 0. The molecule has 0 spiro atoms. The SMILES string of the molecule is O=C(/C=C/O)NO.[NH-]c1ccc(CN(CCO)C(=O)c2cccc3cccnc23)cc1.[W]. The molecule has 9 nitrogen and oxygen atoms in total. The Balaban J connectivity index is 0.000000558. The fourth-order valence-electron chi connectivity index (χ4n) is 2.76. The van der Waals surface area contributed by atoms with Crippen molar-refractivity contribution in [1.29, 1.82) is 0 Å². The van der Waals surface area contributed by atoms with Gasteiger partial charge in [-0.25, -0.2) is 5.48 Å². The zero-order valence-corrected chi connectivity index (χ0v) is 19.9. The molecule has 0 saturated heterocycles. The molecule has 5 N–H and O–H groups in total. The predicted octanol–water partition coefficient (Wildman–Crippen LogP) is 3.11. The van der Waals surface area contributed by atoms with Gasteiger partial charge in [0.1, 0.15) is 0 Å². The van der Waals surface area contributed by atoms with Gasteiger partial charge in [0.2, 0.25) is 0 Å². The van der Waals surface area contributed by atoms with Gasteiger partial charge in [-0.3, -0.25) is 19.8 Å². The number of benzene rings is 2. The van der Waals surface area contributed by atoms with Crippen LogP contribution in [0.15, 0.2) is 73.1 Å². The number of amides is 2. The average molecular weight is 607 g/mol. The summed E-state index contributed by atoms with van der Waals surface area (Å²) in [5, 5.41) is 25.8. The van der Waals surface area contributed by atoms with Crippen molar-refractivity contribution in [2.24, 2.45) is 0 Å². The summed E-state index contributed by atoms with van der Waals surface area (Å²) in [7, 11) is 0. The van der Waals surface area contributed by atoms with E-state index in [0.717, 1.165) is 17.0 Å². The van der Waals surface area contributed by atoms with Gasteiger partial charge >= 0.3 is 0 Å². The third kappa shape index (κ3) is 7.77. The van der Waals surface area contributed by atoms with Gasteiger partial charge in [0.25, 0.3) is 11.8 Å². The number of fused-ring (bicyclic) bond motifs is 1. The first-order valence-corrected chi connectivity index (χ1v) is 9.29. The summed E-state index contributed by atoms with van der Waals surface area (Å²) >= 11 is 0. The molecule has 0 bridgehead atoms. The van der Waals surface area contributed by atoms with Crippen LogP contribution in [-0.4, -0.2) is 50.3 Å². The van der Waals surface area contributed by atoms with Gasteiger partial charge in [0.05, 0.1) is 23.9 Å². The molecule has 0 fully saturated rings. The van der Waals surface area contributed by atoms with E-state index in [4.69, 9.17) is 16.0 Å². The molecule has 3 rings (SSSR count). The van der Waals surface area contributed by atoms with Crippen LogP contribution in [0.5, 0.6) is 0 Å². The van der Waals surface area contributed by atoms with Gasteiger partial charge in [-0.1, -0.05) is 42.5 Å². The Morgan fingerprint density at radius 3 is 2.38 bits per heavy atom. The molecule has 0 aliphatic heterocycles. The second-order valence-corrected chi connectivity index (χ2v) is 6.32. The maximum Gasteiger partial charge on any atom is 0.270 e. The number of nitrogens with one attached hydrogen (secondary N) is 2. The van der Waals surface area contributed by atoms with E-state index in [1.165, 1.54) is 5.48 Å². The number of aliphatic hydroxyl groups is 2. The Morgan fingerprint density at radius 2 is 1.78 bits per heavy atom. The van der Waals surface area contributed by atoms with E-state index in [-0.39, 0.29) is 40.1 Å². The van der Waals surface area contributed by atoms with E-state index < -0.39 is 5.91 Å². The molecule has 2 amide bonds. The van der Waals surface area contributed by atoms with Crippen LogP contribution in [0.2, 0.25) is 0 Å². The van der Waals surface area contributed by atoms with Gasteiger partial charge in [0, 0.05) is 51.8 Å². The molecule has 3 aromatic rings. The van der Waals surface area contributed by atoms with Crippen molar-refractivity contribution in [2.75, 3.05) is 13.2 Å². The quantitative estimate of drug-likeness (QED) is 0.147. The maximum atomic E-state index is 13.0. The molecular weight excluding hydrogens is 584 g/mol. The molecule has 0 unspecified atom stereocenters. The van der Waals surface area contributed by atoms with Gasteiger partial charge in [-0.05, 0) is 17.7 Å². The number of para-hydroxylation sites is 1. The van der Waals surface area contributed by atoms with Crippen LogP contribution >= 0.6 is 0 Å². The number of carbonyl (C=O) groups excluding carboxylic acids is 2. The number of nitrogens with zero attached hydrogens (tertiary/aromatic N) is 2. The van der Waals surface area contributed by atoms with E-state index in [0.29, 0.717) is 29.6 Å². The number of carbonyl (C=O) groups is 2. The molecule has 0 atom stereocenters. The normalized spacial score (nSPS) is 10.1. The van der Waals surface area contributed by atoms with Gasteiger partial charge in [-0.15, -0.1) is 5.69 Å². The largest absolute Gasteiger partial charge is 0.699 e. The number of hydrogen-bond acceptors (Lipinski definition) is 6. The van der Waals surface area contributed by atoms with Crippen LogP contribution in [0, 0.1) is 0 Å². The summed E-state index contributed by atoms with van der Waals surface area (Å²) in [6.07, 6.45) is 2.98. The fourth-order valence-corrected chi connectivity index (χ4v) is 2.76. The van der Waals surface area contributed by atoms with E-state index >= 15 is 0 Å². The second-order valence-electron chi connectivity index (χ2n) is 6.32. The number of pyridine rings is 1. The first-order valence-electron chi connectivity index (χ1n) is 9.29. The van der Waals surface area contributed by atoms with Crippen molar-refractivity contribution < 1.29 is 46.1 Å². The summed E-state index contributed by atoms with van der Waals surface area (Å²) in [5.74, 6) is -0.911. The topological polar surface area (TPSA) is 147 Å². The predicted molar refractivity (Wildman–Crippen MR) is 116 cm³/mol. The van der Waals surface area contributed by atoms with Crippen LogP contribution in [0.4, 0.5) is 5.69 Å². The zero-order valence-electron chi connectivity index (χ0n) is 17.0. The van der Waals surface area contributed by atoms with Crippen LogP contribution < -0.4 is 5.48 Å². The monoisotopic (exact) mass is 607 g/mol.